The lowest BCUT2D eigenvalue weighted by Crippen LogP contribution is -2.38. The summed E-state index contributed by atoms with van der Waals surface area (Å²) in [5.74, 6) is 0.963. The second-order valence-electron chi connectivity index (χ2n) is 8.63. The van der Waals surface area contributed by atoms with Crippen LogP contribution in [0.1, 0.15) is 28.8 Å². The fraction of sp³-hybridized carbons (Fsp3) is 0.440. The molecule has 1 aliphatic rings. The molecule has 0 N–H and O–H groups in total. The Kier molecular flexibility index (Phi) is 7.31. The van der Waals surface area contributed by atoms with Crippen LogP contribution >= 0.6 is 11.3 Å². The van der Waals surface area contributed by atoms with E-state index in [0.29, 0.717) is 32.5 Å². The maximum absolute atomic E-state index is 12.6. The molecule has 0 bridgehead atoms. The fourth-order valence-corrected chi connectivity index (χ4v) is 5.18. The van der Waals surface area contributed by atoms with E-state index in [1.807, 2.05) is 24.3 Å². The van der Waals surface area contributed by atoms with Crippen molar-refractivity contribution in [1.29, 1.82) is 0 Å². The van der Waals surface area contributed by atoms with Gasteiger partial charge in [0, 0.05) is 31.6 Å². The fourth-order valence-electron chi connectivity index (χ4n) is 4.18. The molecule has 0 saturated carbocycles. The number of anilines is 1. The summed E-state index contributed by atoms with van der Waals surface area (Å²) in [6.07, 6.45) is 2.95. The van der Waals surface area contributed by atoms with Crippen molar-refractivity contribution in [2.45, 2.75) is 33.2 Å². The van der Waals surface area contributed by atoms with Gasteiger partial charge in [0.2, 0.25) is 0 Å². The third kappa shape index (κ3) is 5.14. The number of hydrogen-bond donors (Lipinski definition) is 0. The van der Waals surface area contributed by atoms with Gasteiger partial charge in [-0.15, -0.1) is 11.3 Å². The molecule has 0 atom stereocenters. The number of ether oxygens (including phenoxy) is 2. The van der Waals surface area contributed by atoms with E-state index in [1.165, 1.54) is 10.4 Å². The number of fused-ring (bicyclic) bond motifs is 1. The van der Waals surface area contributed by atoms with Gasteiger partial charge >= 0.3 is 5.97 Å². The molecule has 34 heavy (non-hydrogen) atoms. The molecule has 1 fully saturated rings. The number of aryl methyl sites for hydroxylation is 2. The zero-order valence-corrected chi connectivity index (χ0v) is 20.9. The average Bonchev–Trinajstić information content (AvgIpc) is 3.16. The lowest BCUT2D eigenvalue weighted by Gasteiger charge is -2.32. The Labute approximate surface area is 203 Å². The molecule has 1 amide bonds. The Morgan fingerprint density at radius 1 is 1.15 bits per heavy atom. The van der Waals surface area contributed by atoms with Crippen molar-refractivity contribution in [3.63, 3.8) is 0 Å². The molecule has 1 aromatic carbocycles. The van der Waals surface area contributed by atoms with Gasteiger partial charge in [0.05, 0.1) is 18.4 Å². The van der Waals surface area contributed by atoms with E-state index in [1.54, 1.807) is 36.7 Å². The maximum Gasteiger partial charge on any atom is 0.309 e. The van der Waals surface area contributed by atoms with Crippen molar-refractivity contribution in [2.75, 3.05) is 38.8 Å². The van der Waals surface area contributed by atoms with Crippen molar-refractivity contribution in [3.8, 4) is 5.75 Å². The van der Waals surface area contributed by atoms with Gasteiger partial charge in [-0.3, -0.25) is 9.59 Å². The number of aromatic nitrogens is 2. The smallest absolute Gasteiger partial charge is 0.309 e. The summed E-state index contributed by atoms with van der Waals surface area (Å²) in [5, 5.41) is 1.11. The number of thiophene rings is 1. The van der Waals surface area contributed by atoms with E-state index in [2.05, 4.69) is 28.7 Å². The summed E-state index contributed by atoms with van der Waals surface area (Å²) >= 11 is 1.68. The van der Waals surface area contributed by atoms with Crippen LogP contribution in [0.3, 0.4) is 0 Å². The number of piperidine rings is 1. The maximum atomic E-state index is 12.6. The molecule has 9 heteroatoms. The molecule has 3 heterocycles. The lowest BCUT2D eigenvalue weighted by atomic mass is 9.97. The highest BCUT2D eigenvalue weighted by atomic mass is 32.1. The number of carbonyl (C=O) groups is 2. The quantitative estimate of drug-likeness (QED) is 0.474. The molecule has 0 spiro atoms. The largest absolute Gasteiger partial charge is 0.497 e. The van der Waals surface area contributed by atoms with Gasteiger partial charge < -0.3 is 19.3 Å². The van der Waals surface area contributed by atoms with E-state index in [9.17, 15) is 9.59 Å². The number of carbonyl (C=O) groups excluding carboxylic acids is 2. The first-order valence-corrected chi connectivity index (χ1v) is 12.2. The van der Waals surface area contributed by atoms with Crippen molar-refractivity contribution in [1.82, 2.24) is 14.9 Å². The van der Waals surface area contributed by atoms with E-state index in [4.69, 9.17) is 9.47 Å². The topological polar surface area (TPSA) is 84.9 Å². The first kappa shape index (κ1) is 23.9. The van der Waals surface area contributed by atoms with E-state index in [-0.39, 0.29) is 24.4 Å². The molecule has 1 aliphatic heterocycles. The predicted octanol–water partition coefficient (Wildman–Crippen LogP) is 3.73. The van der Waals surface area contributed by atoms with Crippen molar-refractivity contribution >= 4 is 39.2 Å². The van der Waals surface area contributed by atoms with Gasteiger partial charge in [-0.1, -0.05) is 12.1 Å². The molecular weight excluding hydrogens is 452 g/mol. The molecule has 0 unspecified atom stereocenters. The van der Waals surface area contributed by atoms with E-state index < -0.39 is 0 Å². The Bertz CT molecular complexity index is 1170. The van der Waals surface area contributed by atoms with Gasteiger partial charge in [-0.05, 0) is 49.9 Å². The van der Waals surface area contributed by atoms with Crippen LogP contribution < -0.4 is 9.64 Å². The zero-order chi connectivity index (χ0) is 24.2. The molecule has 0 radical (unpaired) electrons. The summed E-state index contributed by atoms with van der Waals surface area (Å²) in [4.78, 5) is 40.1. The van der Waals surface area contributed by atoms with Crippen LogP contribution in [0.25, 0.3) is 10.2 Å². The predicted molar refractivity (Wildman–Crippen MR) is 132 cm³/mol. The highest BCUT2D eigenvalue weighted by Gasteiger charge is 2.29. The molecule has 0 aliphatic carbocycles. The number of benzene rings is 1. The van der Waals surface area contributed by atoms with Gasteiger partial charge in [0.1, 0.15) is 22.7 Å². The zero-order valence-electron chi connectivity index (χ0n) is 20.0. The summed E-state index contributed by atoms with van der Waals surface area (Å²) in [7, 11) is 3.32. The van der Waals surface area contributed by atoms with Crippen LogP contribution in [0.15, 0.2) is 30.6 Å². The molecule has 180 valence electrons. The second-order valence-corrected chi connectivity index (χ2v) is 9.83. The lowest BCUT2D eigenvalue weighted by molar-refractivity contribution is -0.155. The van der Waals surface area contributed by atoms with Crippen LogP contribution in [0.5, 0.6) is 5.75 Å². The van der Waals surface area contributed by atoms with Gasteiger partial charge in [0.25, 0.3) is 5.91 Å². The summed E-state index contributed by atoms with van der Waals surface area (Å²) in [6, 6.07) is 7.53. The van der Waals surface area contributed by atoms with Gasteiger partial charge in [-0.25, -0.2) is 9.97 Å². The van der Waals surface area contributed by atoms with Crippen LogP contribution in [0.4, 0.5) is 5.82 Å². The Morgan fingerprint density at radius 3 is 2.53 bits per heavy atom. The van der Waals surface area contributed by atoms with Crippen LogP contribution in [0, 0.1) is 19.8 Å². The van der Waals surface area contributed by atoms with Gasteiger partial charge in [0.15, 0.2) is 6.61 Å². The van der Waals surface area contributed by atoms with E-state index >= 15 is 0 Å². The third-order valence-electron chi connectivity index (χ3n) is 6.42. The van der Waals surface area contributed by atoms with Crippen LogP contribution in [-0.2, 0) is 20.9 Å². The Hall–Kier alpha value is -3.20. The highest BCUT2D eigenvalue weighted by molar-refractivity contribution is 7.18. The van der Waals surface area contributed by atoms with Crippen molar-refractivity contribution < 1.29 is 19.1 Å². The normalized spacial score (nSPS) is 14.3. The standard InChI is InChI=1S/C25H30N4O4S/c1-16-17(2)34-24-22(16)23(26-15-27-24)29-11-9-19(10-12-29)25(31)33-14-21(30)28(3)13-18-5-7-20(32-4)8-6-18/h5-8,15,19H,9-14H2,1-4H3. The Balaban J connectivity index is 1.27. The number of nitrogens with zero attached hydrogens (tertiary/aromatic N) is 4. The minimum atomic E-state index is -0.304. The Morgan fingerprint density at radius 2 is 1.85 bits per heavy atom. The number of rotatable bonds is 7. The molecule has 8 nitrogen and oxygen atoms in total. The van der Waals surface area contributed by atoms with Crippen LogP contribution in [0.2, 0.25) is 0 Å². The summed E-state index contributed by atoms with van der Waals surface area (Å²) in [6.45, 7) is 5.83. The summed E-state index contributed by atoms with van der Waals surface area (Å²) < 4.78 is 10.5. The first-order valence-electron chi connectivity index (χ1n) is 11.4. The second kappa shape index (κ2) is 10.4. The SMILES string of the molecule is COc1ccc(CN(C)C(=O)COC(=O)C2CCN(c3ncnc4sc(C)c(C)c34)CC2)cc1. The number of likely N-dealkylation sites (N-methyl/N-ethyl adjacent to an activating group) is 1. The molecule has 3 aromatic rings. The molecule has 1 saturated heterocycles. The number of hydrogen-bond acceptors (Lipinski definition) is 8. The number of esters is 1. The third-order valence-corrected chi connectivity index (χ3v) is 7.53. The number of methoxy groups -OCH3 is 1. The number of amides is 1. The average molecular weight is 483 g/mol. The van der Waals surface area contributed by atoms with Gasteiger partial charge in [-0.2, -0.15) is 0 Å². The first-order chi connectivity index (χ1) is 16.4. The highest BCUT2D eigenvalue weighted by Crippen LogP contribution is 2.35. The van der Waals surface area contributed by atoms with Crippen molar-refractivity contribution in [2.24, 2.45) is 5.92 Å². The molecule has 2 aromatic heterocycles. The summed E-state index contributed by atoms with van der Waals surface area (Å²) in [5.41, 5.74) is 2.19. The van der Waals surface area contributed by atoms with E-state index in [0.717, 1.165) is 27.3 Å². The minimum absolute atomic E-state index is 0.210. The molecular formula is C25H30N4O4S. The molecule has 4 rings (SSSR count). The van der Waals surface area contributed by atoms with Crippen LogP contribution in [-0.4, -0.2) is 60.6 Å². The van der Waals surface area contributed by atoms with Crippen molar-refractivity contribution in [3.05, 3.63) is 46.6 Å². The minimum Gasteiger partial charge on any atom is -0.497 e. The monoisotopic (exact) mass is 482 g/mol.